The van der Waals surface area contributed by atoms with E-state index in [-0.39, 0.29) is 5.91 Å². The number of ether oxygens (including phenoxy) is 2. The molecule has 0 aliphatic rings. The Labute approximate surface area is 185 Å². The van der Waals surface area contributed by atoms with Gasteiger partial charge in [0, 0.05) is 17.0 Å². The Morgan fingerprint density at radius 2 is 1.70 bits per heavy atom. The van der Waals surface area contributed by atoms with E-state index in [4.69, 9.17) is 32.7 Å². The van der Waals surface area contributed by atoms with Gasteiger partial charge < -0.3 is 9.47 Å². The molecule has 1 amide bonds. The van der Waals surface area contributed by atoms with E-state index < -0.39 is 0 Å². The van der Waals surface area contributed by atoms with Crippen molar-refractivity contribution in [3.8, 4) is 11.5 Å². The maximum absolute atomic E-state index is 12.0. The van der Waals surface area contributed by atoms with E-state index in [2.05, 4.69) is 10.5 Å². The second-order valence-corrected chi connectivity index (χ2v) is 7.10. The summed E-state index contributed by atoms with van der Waals surface area (Å²) < 4.78 is 11.3. The smallest absolute Gasteiger partial charge is 0.271 e. The van der Waals surface area contributed by atoms with Gasteiger partial charge in [0.1, 0.15) is 11.5 Å². The predicted octanol–water partition coefficient (Wildman–Crippen LogP) is 5.61. The SMILES string of the molecule is O=C(NN=Cc1ccc(OCCCOc2ccccc2Cl)cc1)c1cccc(Cl)c1. The highest BCUT2D eigenvalue weighted by Crippen LogP contribution is 2.23. The molecule has 0 aromatic heterocycles. The van der Waals surface area contributed by atoms with Crippen molar-refractivity contribution in [1.29, 1.82) is 0 Å². The van der Waals surface area contributed by atoms with Crippen molar-refractivity contribution in [3.05, 3.63) is 94.0 Å². The summed E-state index contributed by atoms with van der Waals surface area (Å²) in [5, 5.41) is 5.06. The number of halogens is 2. The van der Waals surface area contributed by atoms with Crippen LogP contribution in [0.25, 0.3) is 0 Å². The zero-order valence-corrected chi connectivity index (χ0v) is 17.6. The standard InChI is InChI=1S/C23H20Cl2N2O3/c24-19-6-3-5-18(15-19)23(28)27-26-16-17-9-11-20(12-10-17)29-13-4-14-30-22-8-2-1-7-21(22)25/h1-3,5-12,15-16H,4,13-14H2,(H,27,28). The molecular weight excluding hydrogens is 423 g/mol. The van der Waals surface area contributed by atoms with E-state index in [0.29, 0.717) is 34.6 Å². The first kappa shape index (κ1) is 21.7. The fourth-order valence-corrected chi connectivity index (χ4v) is 2.88. The Kier molecular flexibility index (Phi) is 8.12. The molecule has 0 heterocycles. The number of hydrazone groups is 1. The van der Waals surface area contributed by atoms with Gasteiger partial charge in [0.05, 0.1) is 24.5 Å². The molecule has 3 aromatic rings. The lowest BCUT2D eigenvalue weighted by molar-refractivity contribution is 0.0955. The van der Waals surface area contributed by atoms with Crippen LogP contribution >= 0.6 is 23.2 Å². The fourth-order valence-electron chi connectivity index (χ4n) is 2.50. The highest BCUT2D eigenvalue weighted by atomic mass is 35.5. The summed E-state index contributed by atoms with van der Waals surface area (Å²) in [6.45, 7) is 1.04. The highest BCUT2D eigenvalue weighted by molar-refractivity contribution is 6.32. The van der Waals surface area contributed by atoms with Crippen LogP contribution in [0.5, 0.6) is 11.5 Å². The molecule has 1 N–H and O–H groups in total. The average Bonchev–Trinajstić information content (AvgIpc) is 2.75. The fraction of sp³-hybridized carbons (Fsp3) is 0.130. The van der Waals surface area contributed by atoms with Crippen molar-refractivity contribution in [3.63, 3.8) is 0 Å². The Morgan fingerprint density at radius 3 is 2.47 bits per heavy atom. The second-order valence-electron chi connectivity index (χ2n) is 6.26. The molecule has 7 heteroatoms. The lowest BCUT2D eigenvalue weighted by atomic mass is 10.2. The molecule has 0 fully saturated rings. The van der Waals surface area contributed by atoms with Gasteiger partial charge in [-0.2, -0.15) is 5.10 Å². The van der Waals surface area contributed by atoms with Crippen molar-refractivity contribution >= 4 is 35.3 Å². The summed E-state index contributed by atoms with van der Waals surface area (Å²) in [7, 11) is 0. The first-order valence-electron chi connectivity index (χ1n) is 9.31. The van der Waals surface area contributed by atoms with E-state index in [1.807, 2.05) is 42.5 Å². The van der Waals surface area contributed by atoms with Crippen LogP contribution in [-0.4, -0.2) is 25.3 Å². The molecule has 0 atom stereocenters. The van der Waals surface area contributed by atoms with E-state index >= 15 is 0 Å². The molecule has 3 aromatic carbocycles. The van der Waals surface area contributed by atoms with Crippen LogP contribution in [0.4, 0.5) is 0 Å². The first-order valence-corrected chi connectivity index (χ1v) is 10.1. The predicted molar refractivity (Wildman–Crippen MR) is 120 cm³/mol. The summed E-state index contributed by atoms with van der Waals surface area (Å²) in [4.78, 5) is 12.0. The molecule has 0 saturated carbocycles. The van der Waals surface area contributed by atoms with Gasteiger partial charge in [0.2, 0.25) is 0 Å². The summed E-state index contributed by atoms with van der Waals surface area (Å²) in [6.07, 6.45) is 2.29. The number of para-hydroxylation sites is 1. The monoisotopic (exact) mass is 442 g/mol. The molecule has 30 heavy (non-hydrogen) atoms. The number of nitrogens with one attached hydrogen (secondary N) is 1. The van der Waals surface area contributed by atoms with Gasteiger partial charge in [0.25, 0.3) is 5.91 Å². The third-order valence-electron chi connectivity index (χ3n) is 4.00. The largest absolute Gasteiger partial charge is 0.493 e. The number of nitrogens with zero attached hydrogens (tertiary/aromatic N) is 1. The number of hydrogen-bond acceptors (Lipinski definition) is 4. The number of carbonyl (C=O) groups is 1. The van der Waals surface area contributed by atoms with Gasteiger partial charge in [-0.25, -0.2) is 5.43 Å². The van der Waals surface area contributed by atoms with Crippen LogP contribution in [0.15, 0.2) is 77.9 Å². The summed E-state index contributed by atoms with van der Waals surface area (Å²) in [6, 6.07) is 21.4. The number of benzene rings is 3. The van der Waals surface area contributed by atoms with Crippen LogP contribution in [0.1, 0.15) is 22.3 Å². The first-order chi connectivity index (χ1) is 14.6. The Bertz CT molecular complexity index is 1010. The molecule has 0 aliphatic carbocycles. The van der Waals surface area contributed by atoms with Crippen molar-refractivity contribution in [1.82, 2.24) is 5.43 Å². The number of hydrogen-bond donors (Lipinski definition) is 1. The lowest BCUT2D eigenvalue weighted by Gasteiger charge is -2.09. The van der Waals surface area contributed by atoms with Gasteiger partial charge in [-0.05, 0) is 60.2 Å². The molecule has 0 unspecified atom stereocenters. The lowest BCUT2D eigenvalue weighted by Crippen LogP contribution is -2.17. The molecular formula is C23H20Cl2N2O3. The minimum absolute atomic E-state index is 0.326. The second kappa shape index (κ2) is 11.2. The molecule has 5 nitrogen and oxygen atoms in total. The maximum atomic E-state index is 12.0. The number of carbonyl (C=O) groups excluding carboxylic acids is 1. The van der Waals surface area contributed by atoms with Gasteiger partial charge in [-0.3, -0.25) is 4.79 Å². The van der Waals surface area contributed by atoms with Crippen molar-refractivity contribution in [2.75, 3.05) is 13.2 Å². The number of rotatable bonds is 9. The Balaban J connectivity index is 1.38. The van der Waals surface area contributed by atoms with Gasteiger partial charge >= 0.3 is 0 Å². The molecule has 154 valence electrons. The molecule has 3 rings (SSSR count). The van der Waals surface area contributed by atoms with Crippen LogP contribution in [0.3, 0.4) is 0 Å². The quantitative estimate of drug-likeness (QED) is 0.266. The third kappa shape index (κ3) is 6.79. The minimum atomic E-state index is -0.326. The van der Waals surface area contributed by atoms with Crippen LogP contribution in [0, 0.1) is 0 Å². The van der Waals surface area contributed by atoms with Crippen molar-refractivity contribution in [2.24, 2.45) is 5.10 Å². The van der Waals surface area contributed by atoms with Gasteiger partial charge in [-0.15, -0.1) is 0 Å². The minimum Gasteiger partial charge on any atom is -0.493 e. The Hall–Kier alpha value is -3.02. The molecule has 0 bridgehead atoms. The van der Waals surface area contributed by atoms with E-state index in [0.717, 1.165) is 17.7 Å². The van der Waals surface area contributed by atoms with Crippen molar-refractivity contribution in [2.45, 2.75) is 6.42 Å². The van der Waals surface area contributed by atoms with Gasteiger partial charge in [0.15, 0.2) is 0 Å². The van der Waals surface area contributed by atoms with Crippen LogP contribution in [-0.2, 0) is 0 Å². The van der Waals surface area contributed by atoms with Crippen LogP contribution in [0.2, 0.25) is 10.0 Å². The topological polar surface area (TPSA) is 59.9 Å². The molecule has 0 radical (unpaired) electrons. The van der Waals surface area contributed by atoms with E-state index in [1.54, 1.807) is 36.5 Å². The third-order valence-corrected chi connectivity index (χ3v) is 4.55. The van der Waals surface area contributed by atoms with Gasteiger partial charge in [-0.1, -0.05) is 41.4 Å². The Morgan fingerprint density at radius 1 is 0.933 bits per heavy atom. The molecule has 0 spiro atoms. The molecule has 0 aliphatic heterocycles. The zero-order chi connectivity index (χ0) is 21.2. The van der Waals surface area contributed by atoms with Crippen molar-refractivity contribution < 1.29 is 14.3 Å². The van der Waals surface area contributed by atoms with E-state index in [1.165, 1.54) is 0 Å². The molecule has 0 saturated heterocycles. The summed E-state index contributed by atoms with van der Waals surface area (Å²) in [5.74, 6) is 1.09. The zero-order valence-electron chi connectivity index (χ0n) is 16.1. The highest BCUT2D eigenvalue weighted by Gasteiger charge is 2.04. The summed E-state index contributed by atoms with van der Waals surface area (Å²) in [5.41, 5.74) is 3.75. The normalized spacial score (nSPS) is 10.7. The maximum Gasteiger partial charge on any atom is 0.271 e. The van der Waals surface area contributed by atoms with E-state index in [9.17, 15) is 4.79 Å². The average molecular weight is 443 g/mol. The number of amides is 1. The van der Waals surface area contributed by atoms with Crippen LogP contribution < -0.4 is 14.9 Å². The summed E-state index contributed by atoms with van der Waals surface area (Å²) >= 11 is 11.9.